The zero-order valence-corrected chi connectivity index (χ0v) is 11.6. The van der Waals surface area contributed by atoms with Gasteiger partial charge >= 0.3 is 0 Å². The fourth-order valence-corrected chi connectivity index (χ4v) is 2.07. The highest BCUT2D eigenvalue weighted by molar-refractivity contribution is 5.75. The molecule has 0 amide bonds. The number of nitrogens with one attached hydrogen (secondary N) is 2. The highest BCUT2D eigenvalue weighted by Gasteiger charge is 2.09. The van der Waals surface area contributed by atoms with E-state index in [-0.39, 0.29) is 5.82 Å². The Morgan fingerprint density at radius 1 is 1.00 bits per heavy atom. The number of nitrogens with zero attached hydrogens (tertiary/aromatic N) is 2. The number of nitrogen functional groups attached to an aromatic ring is 1. The van der Waals surface area contributed by atoms with E-state index >= 15 is 0 Å². The molecule has 3 aromatic rings. The Hall–Kier alpha value is -2.99. The first-order valence-electron chi connectivity index (χ1n) is 6.68. The molecule has 0 atom stereocenters. The molecule has 0 aliphatic carbocycles. The van der Waals surface area contributed by atoms with Gasteiger partial charge in [-0.1, -0.05) is 30.3 Å². The summed E-state index contributed by atoms with van der Waals surface area (Å²) in [7, 11) is 0. The Labute approximate surface area is 127 Å². The topological polar surface area (TPSA) is 75.9 Å². The number of anilines is 3. The summed E-state index contributed by atoms with van der Waals surface area (Å²) in [5.41, 5.74) is 4.67. The fraction of sp³-hybridized carbons (Fsp3) is 0. The molecule has 0 saturated heterocycles. The van der Waals surface area contributed by atoms with Crippen LogP contribution < -0.4 is 16.6 Å². The normalized spacial score (nSPS) is 10.3. The molecule has 2 aromatic carbocycles. The first-order chi connectivity index (χ1) is 10.8. The van der Waals surface area contributed by atoms with Crippen molar-refractivity contribution >= 4 is 17.5 Å². The minimum atomic E-state index is -0.327. The molecule has 3 rings (SSSR count). The average Bonchev–Trinajstić information content (AvgIpc) is 2.55. The number of nitrogens with two attached hydrogens (primary N) is 1. The highest BCUT2D eigenvalue weighted by Crippen LogP contribution is 2.27. The molecule has 1 aromatic heterocycles. The van der Waals surface area contributed by atoms with Crippen LogP contribution in [0.5, 0.6) is 0 Å². The number of benzene rings is 2. The largest absolute Gasteiger partial charge is 0.324 e. The van der Waals surface area contributed by atoms with Gasteiger partial charge in [0.05, 0.1) is 0 Å². The van der Waals surface area contributed by atoms with E-state index in [4.69, 9.17) is 5.84 Å². The molecule has 6 heteroatoms. The smallest absolute Gasteiger partial charge is 0.229 e. The van der Waals surface area contributed by atoms with Gasteiger partial charge < -0.3 is 10.7 Å². The van der Waals surface area contributed by atoms with Crippen molar-refractivity contribution in [3.63, 3.8) is 0 Å². The van der Waals surface area contributed by atoms with E-state index in [1.165, 1.54) is 12.1 Å². The third-order valence-corrected chi connectivity index (χ3v) is 3.09. The van der Waals surface area contributed by atoms with Crippen molar-refractivity contribution in [2.45, 2.75) is 0 Å². The number of hydrogen-bond donors (Lipinski definition) is 3. The van der Waals surface area contributed by atoms with E-state index in [0.29, 0.717) is 22.9 Å². The number of para-hydroxylation sites is 1. The first-order valence-corrected chi connectivity index (χ1v) is 6.68. The van der Waals surface area contributed by atoms with Crippen LogP contribution >= 0.6 is 0 Å². The summed E-state index contributed by atoms with van der Waals surface area (Å²) in [5.74, 6) is 6.02. The molecular formula is C16H14FN5. The van der Waals surface area contributed by atoms with Gasteiger partial charge in [0.2, 0.25) is 5.95 Å². The van der Waals surface area contributed by atoms with Gasteiger partial charge in [-0.25, -0.2) is 15.2 Å². The summed E-state index contributed by atoms with van der Waals surface area (Å²) < 4.78 is 13.4. The zero-order valence-electron chi connectivity index (χ0n) is 11.6. The van der Waals surface area contributed by atoms with E-state index < -0.39 is 0 Å². The summed E-state index contributed by atoms with van der Waals surface area (Å²) in [6, 6.07) is 15.7. The van der Waals surface area contributed by atoms with E-state index in [2.05, 4.69) is 20.7 Å². The molecule has 0 radical (unpaired) electrons. The third kappa shape index (κ3) is 3.02. The number of hydrazine groups is 1. The van der Waals surface area contributed by atoms with Crippen LogP contribution in [0.15, 0.2) is 60.8 Å². The van der Waals surface area contributed by atoms with E-state index in [9.17, 15) is 4.39 Å². The van der Waals surface area contributed by atoms with Crippen LogP contribution in [-0.4, -0.2) is 9.97 Å². The van der Waals surface area contributed by atoms with Crippen LogP contribution in [0, 0.1) is 5.82 Å². The SMILES string of the molecule is NNc1nc(Nc2ccccc2)ncc1-c1cccc(F)c1. The molecule has 0 aliphatic rings. The third-order valence-electron chi connectivity index (χ3n) is 3.09. The average molecular weight is 295 g/mol. The van der Waals surface area contributed by atoms with Gasteiger partial charge in [-0.3, -0.25) is 0 Å². The van der Waals surface area contributed by atoms with Crippen LogP contribution in [-0.2, 0) is 0 Å². The van der Waals surface area contributed by atoms with Crippen molar-refractivity contribution < 1.29 is 4.39 Å². The molecule has 0 spiro atoms. The number of halogens is 1. The van der Waals surface area contributed by atoms with Crippen molar-refractivity contribution in [1.29, 1.82) is 0 Å². The highest BCUT2D eigenvalue weighted by atomic mass is 19.1. The molecule has 1 heterocycles. The second-order valence-electron chi connectivity index (χ2n) is 4.60. The molecule has 110 valence electrons. The van der Waals surface area contributed by atoms with Gasteiger partial charge in [0.15, 0.2) is 5.82 Å². The molecule has 4 N–H and O–H groups in total. The van der Waals surface area contributed by atoms with Gasteiger partial charge in [0, 0.05) is 17.4 Å². The standard InChI is InChI=1S/C16H14FN5/c17-12-6-4-5-11(9-12)14-10-19-16(21-15(14)22-18)20-13-7-2-1-3-8-13/h1-10H,18H2,(H2,19,20,21,22). The summed E-state index contributed by atoms with van der Waals surface area (Å²) in [4.78, 5) is 8.56. The number of hydrogen-bond acceptors (Lipinski definition) is 5. The minimum absolute atomic E-state index is 0.327. The Morgan fingerprint density at radius 2 is 1.82 bits per heavy atom. The van der Waals surface area contributed by atoms with Crippen LogP contribution in [0.1, 0.15) is 0 Å². The lowest BCUT2D eigenvalue weighted by molar-refractivity contribution is 0.628. The monoisotopic (exact) mass is 295 g/mol. The Bertz CT molecular complexity index is 776. The lowest BCUT2D eigenvalue weighted by atomic mass is 10.1. The van der Waals surface area contributed by atoms with E-state index in [1.807, 2.05) is 30.3 Å². The van der Waals surface area contributed by atoms with Crippen molar-refractivity contribution in [2.75, 3.05) is 10.7 Å². The molecule has 22 heavy (non-hydrogen) atoms. The summed E-state index contributed by atoms with van der Waals surface area (Å²) >= 11 is 0. The number of aromatic nitrogens is 2. The second kappa shape index (κ2) is 6.19. The van der Waals surface area contributed by atoms with Gasteiger partial charge in [-0.2, -0.15) is 4.98 Å². The Balaban J connectivity index is 1.94. The van der Waals surface area contributed by atoms with Crippen molar-refractivity contribution in [2.24, 2.45) is 5.84 Å². The second-order valence-corrected chi connectivity index (χ2v) is 4.60. The van der Waals surface area contributed by atoms with Crippen LogP contribution in [0.3, 0.4) is 0 Å². The van der Waals surface area contributed by atoms with Gasteiger partial charge in [-0.05, 0) is 29.8 Å². The molecule has 0 unspecified atom stereocenters. The maximum atomic E-state index is 13.4. The number of rotatable bonds is 4. The van der Waals surface area contributed by atoms with Gasteiger partial charge in [0.25, 0.3) is 0 Å². The first kappa shape index (κ1) is 14.0. The predicted octanol–water partition coefficient (Wildman–Crippen LogP) is 3.31. The Kier molecular flexibility index (Phi) is 3.93. The van der Waals surface area contributed by atoms with Crippen LogP contribution in [0.2, 0.25) is 0 Å². The van der Waals surface area contributed by atoms with Crippen LogP contribution in [0.4, 0.5) is 21.8 Å². The molecule has 5 nitrogen and oxygen atoms in total. The lowest BCUT2D eigenvalue weighted by Gasteiger charge is -2.11. The van der Waals surface area contributed by atoms with E-state index in [0.717, 1.165) is 5.69 Å². The predicted molar refractivity (Wildman–Crippen MR) is 85.0 cm³/mol. The van der Waals surface area contributed by atoms with Crippen molar-refractivity contribution in [3.8, 4) is 11.1 Å². The fourth-order valence-electron chi connectivity index (χ4n) is 2.07. The van der Waals surface area contributed by atoms with Crippen molar-refractivity contribution in [3.05, 3.63) is 66.6 Å². The Morgan fingerprint density at radius 3 is 2.55 bits per heavy atom. The van der Waals surface area contributed by atoms with Crippen LogP contribution in [0.25, 0.3) is 11.1 Å². The molecule has 0 aliphatic heterocycles. The van der Waals surface area contributed by atoms with Gasteiger partial charge in [-0.15, -0.1) is 0 Å². The van der Waals surface area contributed by atoms with E-state index in [1.54, 1.807) is 18.3 Å². The maximum Gasteiger partial charge on any atom is 0.229 e. The zero-order chi connectivity index (χ0) is 15.4. The summed E-state index contributed by atoms with van der Waals surface area (Å²) in [5, 5.41) is 3.08. The van der Waals surface area contributed by atoms with Gasteiger partial charge in [0.1, 0.15) is 5.82 Å². The lowest BCUT2D eigenvalue weighted by Crippen LogP contribution is -2.11. The molecule has 0 fully saturated rings. The minimum Gasteiger partial charge on any atom is -0.324 e. The summed E-state index contributed by atoms with van der Waals surface area (Å²) in [6.45, 7) is 0. The molecule has 0 saturated carbocycles. The maximum absolute atomic E-state index is 13.4. The molecular weight excluding hydrogens is 281 g/mol. The molecule has 0 bridgehead atoms. The quantitative estimate of drug-likeness (QED) is 0.508. The summed E-state index contributed by atoms with van der Waals surface area (Å²) in [6.07, 6.45) is 1.60. The van der Waals surface area contributed by atoms with Crippen molar-refractivity contribution in [1.82, 2.24) is 9.97 Å².